The summed E-state index contributed by atoms with van der Waals surface area (Å²) in [5, 5.41) is 4.65. The largest absolute Gasteiger partial charge is 0.456 e. The first-order valence-electron chi connectivity index (χ1n) is 14.8. The number of nitrogens with zero attached hydrogens (tertiary/aromatic N) is 3. The van der Waals surface area contributed by atoms with Crippen LogP contribution in [0.1, 0.15) is 0 Å². The first-order chi connectivity index (χ1) is 21.8. The summed E-state index contributed by atoms with van der Waals surface area (Å²) in [7, 11) is 0. The molecule has 0 aliphatic heterocycles. The zero-order valence-electron chi connectivity index (χ0n) is 23.7. The zero-order chi connectivity index (χ0) is 29.0. The maximum atomic E-state index is 6.08. The molecule has 4 nitrogen and oxygen atoms in total. The molecule has 0 spiro atoms. The van der Waals surface area contributed by atoms with Crippen LogP contribution in [0.4, 0.5) is 0 Å². The van der Waals surface area contributed by atoms with Gasteiger partial charge < -0.3 is 8.98 Å². The second-order valence-corrected chi connectivity index (χ2v) is 11.1. The van der Waals surface area contributed by atoms with Crippen molar-refractivity contribution in [3.63, 3.8) is 0 Å². The van der Waals surface area contributed by atoms with Crippen LogP contribution in [-0.2, 0) is 0 Å². The standard InChI is InChI=1S/C40H25N3O/c1-2-10-26(11-3-1)34-25-35(42-40(41-34)28-20-23-39-33(24-28)32-14-6-9-17-38(32)44-39)27-18-21-29(22-19-27)43-36-15-7-4-12-30(36)31-13-5-8-16-37(31)43/h1-25H. The highest BCUT2D eigenvalue weighted by molar-refractivity contribution is 6.09. The summed E-state index contributed by atoms with van der Waals surface area (Å²) < 4.78 is 8.41. The topological polar surface area (TPSA) is 43.9 Å². The van der Waals surface area contributed by atoms with Crippen LogP contribution >= 0.6 is 0 Å². The van der Waals surface area contributed by atoms with E-state index in [0.29, 0.717) is 5.82 Å². The molecule has 0 unspecified atom stereocenters. The third-order valence-electron chi connectivity index (χ3n) is 8.43. The van der Waals surface area contributed by atoms with Crippen molar-refractivity contribution in [3.05, 3.63) is 152 Å². The molecule has 9 aromatic rings. The summed E-state index contributed by atoms with van der Waals surface area (Å²) >= 11 is 0. The van der Waals surface area contributed by atoms with Gasteiger partial charge in [0.2, 0.25) is 0 Å². The van der Waals surface area contributed by atoms with Crippen molar-refractivity contribution in [1.29, 1.82) is 0 Å². The summed E-state index contributed by atoms with van der Waals surface area (Å²) in [5.41, 5.74) is 10.0. The van der Waals surface area contributed by atoms with Gasteiger partial charge in [-0.2, -0.15) is 0 Å². The molecule has 0 aliphatic carbocycles. The van der Waals surface area contributed by atoms with Crippen LogP contribution in [0, 0.1) is 0 Å². The molecule has 4 heteroatoms. The Morgan fingerprint density at radius 3 is 1.66 bits per heavy atom. The van der Waals surface area contributed by atoms with Gasteiger partial charge in [-0.25, -0.2) is 9.97 Å². The van der Waals surface area contributed by atoms with Gasteiger partial charge in [-0.15, -0.1) is 0 Å². The molecule has 44 heavy (non-hydrogen) atoms. The molecule has 6 aromatic carbocycles. The van der Waals surface area contributed by atoms with E-state index in [0.717, 1.165) is 55.7 Å². The molecule has 0 atom stereocenters. The van der Waals surface area contributed by atoms with Crippen LogP contribution in [0.25, 0.3) is 83.3 Å². The summed E-state index contributed by atoms with van der Waals surface area (Å²) in [6.45, 7) is 0. The number of hydrogen-bond donors (Lipinski definition) is 0. The zero-order valence-corrected chi connectivity index (χ0v) is 23.7. The fraction of sp³-hybridized carbons (Fsp3) is 0. The van der Waals surface area contributed by atoms with Gasteiger partial charge in [0, 0.05) is 43.9 Å². The Morgan fingerprint density at radius 2 is 0.955 bits per heavy atom. The highest BCUT2D eigenvalue weighted by atomic mass is 16.3. The van der Waals surface area contributed by atoms with E-state index in [1.807, 2.05) is 48.5 Å². The fourth-order valence-corrected chi connectivity index (χ4v) is 6.33. The molecular formula is C40H25N3O. The lowest BCUT2D eigenvalue weighted by Gasteiger charge is -2.11. The van der Waals surface area contributed by atoms with Gasteiger partial charge in [-0.1, -0.05) is 97.1 Å². The van der Waals surface area contributed by atoms with E-state index < -0.39 is 0 Å². The van der Waals surface area contributed by atoms with Gasteiger partial charge in [0.1, 0.15) is 11.2 Å². The highest BCUT2D eigenvalue weighted by Gasteiger charge is 2.15. The third-order valence-corrected chi connectivity index (χ3v) is 8.43. The van der Waals surface area contributed by atoms with Gasteiger partial charge in [0.25, 0.3) is 0 Å². The Labute approximate surface area is 253 Å². The van der Waals surface area contributed by atoms with E-state index in [4.69, 9.17) is 14.4 Å². The number of hydrogen-bond acceptors (Lipinski definition) is 3. The maximum Gasteiger partial charge on any atom is 0.160 e. The molecule has 3 aromatic heterocycles. The molecule has 0 saturated carbocycles. The van der Waals surface area contributed by atoms with Crippen molar-refractivity contribution in [2.24, 2.45) is 0 Å². The number of para-hydroxylation sites is 3. The monoisotopic (exact) mass is 563 g/mol. The van der Waals surface area contributed by atoms with E-state index in [-0.39, 0.29) is 0 Å². The quantitative estimate of drug-likeness (QED) is 0.214. The van der Waals surface area contributed by atoms with E-state index in [1.54, 1.807) is 0 Å². The van der Waals surface area contributed by atoms with Crippen molar-refractivity contribution in [2.75, 3.05) is 0 Å². The van der Waals surface area contributed by atoms with Crippen molar-refractivity contribution >= 4 is 43.7 Å². The molecule has 0 amide bonds. The molecule has 9 rings (SSSR count). The van der Waals surface area contributed by atoms with Gasteiger partial charge in [-0.05, 0) is 54.6 Å². The molecule has 0 radical (unpaired) electrons. The van der Waals surface area contributed by atoms with Gasteiger partial charge in [0.05, 0.1) is 22.4 Å². The Kier molecular flexibility index (Phi) is 5.47. The van der Waals surface area contributed by atoms with Crippen molar-refractivity contribution in [1.82, 2.24) is 14.5 Å². The highest BCUT2D eigenvalue weighted by Crippen LogP contribution is 2.35. The first kappa shape index (κ1) is 24.6. The Morgan fingerprint density at radius 1 is 0.409 bits per heavy atom. The number of benzene rings is 6. The number of rotatable bonds is 4. The van der Waals surface area contributed by atoms with Gasteiger partial charge in [-0.3, -0.25) is 0 Å². The minimum absolute atomic E-state index is 0.681. The predicted molar refractivity (Wildman–Crippen MR) is 180 cm³/mol. The molecule has 0 bridgehead atoms. The normalized spacial score (nSPS) is 11.6. The van der Waals surface area contributed by atoms with Crippen LogP contribution in [0.15, 0.2) is 156 Å². The van der Waals surface area contributed by atoms with E-state index in [2.05, 4.69) is 108 Å². The van der Waals surface area contributed by atoms with Gasteiger partial charge in [0.15, 0.2) is 5.82 Å². The summed E-state index contributed by atoms with van der Waals surface area (Å²) in [4.78, 5) is 10.2. The molecule has 0 aliphatic rings. The van der Waals surface area contributed by atoms with E-state index >= 15 is 0 Å². The van der Waals surface area contributed by atoms with Crippen LogP contribution in [0.3, 0.4) is 0 Å². The average Bonchev–Trinajstić information content (AvgIpc) is 3.64. The first-order valence-corrected chi connectivity index (χ1v) is 14.8. The van der Waals surface area contributed by atoms with E-state index in [9.17, 15) is 0 Å². The molecule has 206 valence electrons. The van der Waals surface area contributed by atoms with Crippen molar-refractivity contribution < 1.29 is 4.42 Å². The predicted octanol–water partition coefficient (Wildman–Crippen LogP) is 10.5. The van der Waals surface area contributed by atoms with Crippen LogP contribution in [0.5, 0.6) is 0 Å². The Bertz CT molecular complexity index is 2430. The molecule has 3 heterocycles. The van der Waals surface area contributed by atoms with Crippen molar-refractivity contribution in [2.45, 2.75) is 0 Å². The maximum absolute atomic E-state index is 6.08. The van der Waals surface area contributed by atoms with Crippen LogP contribution < -0.4 is 0 Å². The summed E-state index contributed by atoms with van der Waals surface area (Å²) in [6.07, 6.45) is 0. The lowest BCUT2D eigenvalue weighted by Crippen LogP contribution is -1.97. The SMILES string of the molecule is c1ccc(-c2cc(-c3ccc(-n4c5ccccc5c5ccccc54)cc3)nc(-c3ccc4oc5ccccc5c4c3)n2)cc1. The smallest absolute Gasteiger partial charge is 0.160 e. The summed E-state index contributed by atoms with van der Waals surface area (Å²) in [6, 6.07) is 52.6. The average molecular weight is 564 g/mol. The number of furan rings is 1. The number of fused-ring (bicyclic) bond motifs is 6. The molecular weight excluding hydrogens is 538 g/mol. The third kappa shape index (κ3) is 3.92. The Balaban J connectivity index is 1.19. The minimum atomic E-state index is 0.681. The lowest BCUT2D eigenvalue weighted by molar-refractivity contribution is 0.669. The molecule has 0 N–H and O–H groups in total. The second kappa shape index (κ2) is 9.79. The van der Waals surface area contributed by atoms with Crippen LogP contribution in [-0.4, -0.2) is 14.5 Å². The minimum Gasteiger partial charge on any atom is -0.456 e. The van der Waals surface area contributed by atoms with Crippen LogP contribution in [0.2, 0.25) is 0 Å². The van der Waals surface area contributed by atoms with Crippen molar-refractivity contribution in [3.8, 4) is 39.6 Å². The molecule has 0 fully saturated rings. The molecule has 0 saturated heterocycles. The number of aromatic nitrogens is 3. The van der Waals surface area contributed by atoms with E-state index in [1.165, 1.54) is 21.8 Å². The second-order valence-electron chi connectivity index (χ2n) is 11.1. The summed E-state index contributed by atoms with van der Waals surface area (Å²) in [5.74, 6) is 0.681. The van der Waals surface area contributed by atoms with Gasteiger partial charge >= 0.3 is 0 Å². The lowest BCUT2D eigenvalue weighted by atomic mass is 10.1. The Hall–Kier alpha value is -6.00. The fourth-order valence-electron chi connectivity index (χ4n) is 6.33.